The van der Waals surface area contributed by atoms with E-state index in [9.17, 15) is 67.6 Å². The lowest BCUT2D eigenvalue weighted by molar-refractivity contribution is -0.140. The van der Waals surface area contributed by atoms with Crippen molar-refractivity contribution in [2.75, 3.05) is 31.2 Å². The number of amides is 4. The number of carbonyl (C=O) groups is 8. The Bertz CT molecular complexity index is 1920. The Labute approximate surface area is 345 Å². The maximum absolute atomic E-state index is 12.9. The molecule has 27 nitrogen and oxygen atoms in total. The number of aromatic nitrogens is 2. The van der Waals surface area contributed by atoms with E-state index in [4.69, 9.17) is 30.3 Å². The summed E-state index contributed by atoms with van der Waals surface area (Å²) in [6.07, 6.45) is -4.72. The van der Waals surface area contributed by atoms with Crippen LogP contribution in [0, 0.1) is 6.92 Å². The van der Waals surface area contributed by atoms with Gasteiger partial charge >= 0.3 is 37.3 Å². The molecule has 30 heteroatoms. The molecule has 14 N–H and O–H groups in total. The molecule has 0 spiro atoms. The van der Waals surface area contributed by atoms with Gasteiger partial charge in [0.2, 0.25) is 23.6 Å². The summed E-state index contributed by atoms with van der Waals surface area (Å²) in [5.41, 5.74) is 4.06. The molecule has 336 valence electrons. The molecule has 0 bridgehead atoms. The van der Waals surface area contributed by atoms with E-state index in [0.717, 1.165) is 26.2 Å². The molecule has 6 unspecified atom stereocenters. The fourth-order valence-corrected chi connectivity index (χ4v) is 8.26. The molecule has 1 aromatic heterocycles. The first-order valence-electron chi connectivity index (χ1n) is 17.4. The number of aliphatic hydroxyl groups excluding tert-OH is 1. The zero-order valence-corrected chi connectivity index (χ0v) is 34.0. The van der Waals surface area contributed by atoms with E-state index in [-0.39, 0.29) is 29.9 Å². The standard InChI is InChI=1S/C30H45N8O19PS2/c1-13-9-38(30(53)36-25(13)46)22-6-18(39)19(57-22)10-56-58(54,55)37-15(29(51)52)3-5-21(41)35-17(27(48)33-8-24(44)45)12-60-59-11-16(26(47)32-7-23(42)43)34-20(40)4-2-14(31)28(49)50/h9,14-19,22,39H,2-8,10-12,31H2,1H3,(H,32,47)(H,33,48)(H,34,40)(H,35,41)(H,42,43)(H,44,45)(H,49,50)(H,51,52)(H,36,46,53)(H2,37,54,55)/t14?,15?,16?,17?,18-,19?,22+/m1/s1. The summed E-state index contributed by atoms with van der Waals surface area (Å²) in [6, 6.07) is -6.14. The average molecular weight is 917 g/mol. The first kappa shape index (κ1) is 51.3. The number of nitrogens with one attached hydrogen (secondary N) is 6. The molecule has 4 amide bonds. The summed E-state index contributed by atoms with van der Waals surface area (Å²) in [5, 5.41) is 57.4. The number of aromatic amines is 1. The molecular weight excluding hydrogens is 871 g/mol. The Morgan fingerprint density at radius 2 is 1.42 bits per heavy atom. The number of aliphatic hydroxyl groups is 1. The summed E-state index contributed by atoms with van der Waals surface area (Å²) >= 11 is 0. The number of aliphatic carboxylic acids is 4. The van der Waals surface area contributed by atoms with Gasteiger partial charge in [0.05, 0.1) is 12.7 Å². The van der Waals surface area contributed by atoms with Crippen molar-refractivity contribution < 1.29 is 82.6 Å². The topological polar surface area (TPSA) is 434 Å². The minimum atomic E-state index is -4.99. The van der Waals surface area contributed by atoms with Crippen molar-refractivity contribution in [3.05, 3.63) is 32.6 Å². The third-order valence-electron chi connectivity index (χ3n) is 8.03. The molecule has 1 aromatic rings. The van der Waals surface area contributed by atoms with Crippen molar-refractivity contribution in [3.63, 3.8) is 0 Å². The van der Waals surface area contributed by atoms with Crippen molar-refractivity contribution in [2.45, 2.75) is 81.6 Å². The zero-order chi connectivity index (χ0) is 45.3. The van der Waals surface area contributed by atoms with Crippen LogP contribution in [-0.2, 0) is 52.2 Å². The number of ether oxygens (including phenoxy) is 1. The molecule has 0 aliphatic carbocycles. The number of hydrogen-bond acceptors (Lipinski definition) is 17. The Kier molecular flexibility index (Phi) is 20.9. The predicted octanol–water partition coefficient (Wildman–Crippen LogP) is -4.62. The monoisotopic (exact) mass is 916 g/mol. The lowest BCUT2D eigenvalue weighted by Crippen LogP contribution is -2.50. The summed E-state index contributed by atoms with van der Waals surface area (Å²) in [5.74, 6) is -10.2. The van der Waals surface area contributed by atoms with Gasteiger partial charge in [-0.05, 0) is 19.8 Å². The third-order valence-corrected chi connectivity index (χ3v) is 11.6. The van der Waals surface area contributed by atoms with Crippen LogP contribution in [-0.4, -0.2) is 155 Å². The quantitative estimate of drug-likeness (QED) is 0.0224. The molecule has 0 aromatic carbocycles. The highest BCUT2D eigenvalue weighted by Gasteiger charge is 2.38. The largest absolute Gasteiger partial charge is 0.480 e. The van der Waals surface area contributed by atoms with Gasteiger partial charge in [0.1, 0.15) is 49.6 Å². The van der Waals surface area contributed by atoms with E-state index < -0.39 is 148 Å². The molecule has 60 heavy (non-hydrogen) atoms. The van der Waals surface area contributed by atoms with Crippen LogP contribution in [0.1, 0.15) is 43.9 Å². The van der Waals surface area contributed by atoms with Gasteiger partial charge in [-0.15, -0.1) is 0 Å². The SMILES string of the molecule is Cc1cn([C@@H]2C[C@@H](O)C(COP(=O)(O)NC(CCC(=O)NC(CSSCC(NC(=O)CCC(N)C(=O)O)C(=O)NCC(=O)O)C(=O)NCC(=O)O)C(=O)O)O2)c(=O)[nH]c1=O. The molecule has 1 aliphatic heterocycles. The highest BCUT2D eigenvalue weighted by atomic mass is 33.1. The second-order valence-electron chi connectivity index (χ2n) is 12.8. The molecule has 0 saturated carbocycles. The fraction of sp³-hybridized carbons (Fsp3) is 0.600. The average Bonchev–Trinajstić information content (AvgIpc) is 3.54. The molecule has 1 saturated heterocycles. The van der Waals surface area contributed by atoms with Crippen molar-refractivity contribution >= 4 is 76.8 Å². The zero-order valence-electron chi connectivity index (χ0n) is 31.5. The Morgan fingerprint density at radius 1 is 0.900 bits per heavy atom. The minimum absolute atomic E-state index is 0.160. The van der Waals surface area contributed by atoms with Gasteiger partial charge in [0.15, 0.2) is 0 Å². The Hall–Kier alpha value is -4.87. The molecular formula is C30H45N8O19PS2. The van der Waals surface area contributed by atoms with E-state index in [1.807, 2.05) is 5.09 Å². The maximum atomic E-state index is 12.9. The van der Waals surface area contributed by atoms with Gasteiger partial charge in [-0.3, -0.25) is 57.2 Å². The highest BCUT2D eigenvalue weighted by Crippen LogP contribution is 2.40. The third kappa shape index (κ3) is 18.2. The number of nitrogens with two attached hydrogens (primary N) is 1. The van der Waals surface area contributed by atoms with Gasteiger partial charge in [0.25, 0.3) is 5.56 Å². The Balaban J connectivity index is 2.01. The number of aryl methyl sites for hydroxylation is 1. The van der Waals surface area contributed by atoms with Gasteiger partial charge in [-0.25, -0.2) is 14.4 Å². The van der Waals surface area contributed by atoms with Gasteiger partial charge < -0.3 is 62.2 Å². The number of carboxylic acid groups (broad SMARTS) is 4. The van der Waals surface area contributed by atoms with Crippen molar-refractivity contribution in [1.29, 1.82) is 0 Å². The van der Waals surface area contributed by atoms with E-state index in [1.165, 1.54) is 13.1 Å². The van der Waals surface area contributed by atoms with Crippen LogP contribution < -0.4 is 43.3 Å². The molecule has 2 heterocycles. The lowest BCUT2D eigenvalue weighted by atomic mass is 10.1. The lowest BCUT2D eigenvalue weighted by Gasteiger charge is -2.22. The normalized spacial score (nSPS) is 19.1. The van der Waals surface area contributed by atoms with Gasteiger partial charge in [-0.2, -0.15) is 0 Å². The second-order valence-corrected chi connectivity index (χ2v) is 16.9. The number of nitrogens with zero attached hydrogens (tertiary/aromatic N) is 1. The van der Waals surface area contributed by atoms with E-state index >= 15 is 0 Å². The first-order chi connectivity index (χ1) is 28.0. The van der Waals surface area contributed by atoms with Crippen LogP contribution in [0.4, 0.5) is 0 Å². The van der Waals surface area contributed by atoms with E-state index in [1.54, 1.807) is 0 Å². The molecule has 1 aliphatic rings. The number of hydrogen-bond donors (Lipinski definition) is 13. The Morgan fingerprint density at radius 3 is 1.90 bits per heavy atom. The fourth-order valence-electron chi connectivity index (χ4n) is 4.88. The number of H-pyrrole nitrogens is 1. The van der Waals surface area contributed by atoms with E-state index in [0.29, 0.717) is 0 Å². The van der Waals surface area contributed by atoms with Crippen molar-refractivity contribution in [2.24, 2.45) is 5.73 Å². The molecule has 2 rings (SSSR count). The van der Waals surface area contributed by atoms with Crippen LogP contribution in [0.15, 0.2) is 15.8 Å². The second kappa shape index (κ2) is 24.4. The minimum Gasteiger partial charge on any atom is -0.480 e. The highest BCUT2D eigenvalue weighted by molar-refractivity contribution is 8.76. The molecule has 0 radical (unpaired) electrons. The summed E-state index contributed by atoms with van der Waals surface area (Å²) in [6.45, 7) is -1.02. The molecule has 8 atom stereocenters. The number of rotatable bonds is 27. The van der Waals surface area contributed by atoms with Crippen molar-refractivity contribution in [1.82, 2.24) is 35.9 Å². The summed E-state index contributed by atoms with van der Waals surface area (Å²) < 4.78 is 24.3. The number of carbonyl (C=O) groups excluding carboxylic acids is 4. The van der Waals surface area contributed by atoms with Crippen LogP contribution in [0.25, 0.3) is 0 Å². The van der Waals surface area contributed by atoms with Gasteiger partial charge in [-0.1, -0.05) is 21.6 Å². The first-order valence-corrected chi connectivity index (χ1v) is 21.5. The number of carboxylic acids is 4. The summed E-state index contributed by atoms with van der Waals surface area (Å²) in [7, 11) is -3.31. The predicted molar refractivity (Wildman–Crippen MR) is 205 cm³/mol. The maximum Gasteiger partial charge on any atom is 0.403 e. The van der Waals surface area contributed by atoms with Crippen LogP contribution >= 0.6 is 29.3 Å². The summed E-state index contributed by atoms with van der Waals surface area (Å²) in [4.78, 5) is 132. The van der Waals surface area contributed by atoms with Gasteiger partial charge in [0, 0.05) is 42.5 Å². The van der Waals surface area contributed by atoms with Crippen LogP contribution in [0.5, 0.6) is 0 Å². The van der Waals surface area contributed by atoms with Crippen LogP contribution in [0.2, 0.25) is 0 Å². The smallest absolute Gasteiger partial charge is 0.403 e. The molecule has 1 fully saturated rings. The van der Waals surface area contributed by atoms with E-state index in [2.05, 4.69) is 26.3 Å². The van der Waals surface area contributed by atoms with Crippen LogP contribution in [0.3, 0.4) is 0 Å². The van der Waals surface area contributed by atoms with Crippen molar-refractivity contribution in [3.8, 4) is 0 Å².